The molecule has 23 heavy (non-hydrogen) atoms. The molecule has 122 valence electrons. The fraction of sp³-hybridized carbons (Fsp3) is 0.556. The number of rotatable bonds is 4. The van der Waals surface area contributed by atoms with Crippen molar-refractivity contribution < 1.29 is 9.53 Å². The summed E-state index contributed by atoms with van der Waals surface area (Å²) in [7, 11) is 0. The van der Waals surface area contributed by atoms with Crippen LogP contribution in [-0.2, 0) is 22.5 Å². The summed E-state index contributed by atoms with van der Waals surface area (Å²) in [5.74, 6) is 0.0427. The molecular formula is C18H23N3O2. The van der Waals surface area contributed by atoms with Crippen molar-refractivity contribution in [2.24, 2.45) is 5.92 Å². The highest BCUT2D eigenvalue weighted by atomic mass is 16.5. The first kappa shape index (κ1) is 16.0. The van der Waals surface area contributed by atoms with Gasteiger partial charge in [-0.15, -0.1) is 0 Å². The number of amides is 1. The average Bonchev–Trinajstić information content (AvgIpc) is 3.12. The lowest BCUT2D eigenvalue weighted by Gasteiger charge is -2.33. The van der Waals surface area contributed by atoms with E-state index >= 15 is 0 Å². The monoisotopic (exact) mass is 313 g/mol. The number of ether oxygens (including phenoxy) is 1. The first-order valence-electron chi connectivity index (χ1n) is 8.27. The first-order chi connectivity index (χ1) is 11.2. The number of nitrogens with one attached hydrogen (secondary N) is 1. The normalized spacial score (nSPS) is 23.6. The first-order valence-corrected chi connectivity index (χ1v) is 8.27. The Balaban J connectivity index is 1.60. The third-order valence-electron chi connectivity index (χ3n) is 4.96. The molecule has 0 bridgehead atoms. The Labute approximate surface area is 137 Å². The summed E-state index contributed by atoms with van der Waals surface area (Å²) in [5, 5.41) is 12.2. The summed E-state index contributed by atoms with van der Waals surface area (Å²) >= 11 is 0. The maximum Gasteiger partial charge on any atom is 0.238 e. The van der Waals surface area contributed by atoms with Gasteiger partial charge in [-0.2, -0.15) is 5.26 Å². The van der Waals surface area contributed by atoms with Crippen LogP contribution in [0.2, 0.25) is 0 Å². The molecule has 0 saturated carbocycles. The number of nitriles is 1. The van der Waals surface area contributed by atoms with Crippen LogP contribution in [0.1, 0.15) is 24.5 Å². The van der Waals surface area contributed by atoms with Gasteiger partial charge in [-0.05, 0) is 30.9 Å². The van der Waals surface area contributed by atoms with Crippen molar-refractivity contribution in [3.8, 4) is 6.07 Å². The van der Waals surface area contributed by atoms with Gasteiger partial charge >= 0.3 is 0 Å². The van der Waals surface area contributed by atoms with Gasteiger partial charge in [0.05, 0.1) is 18.7 Å². The topological polar surface area (TPSA) is 65.4 Å². The van der Waals surface area contributed by atoms with Gasteiger partial charge in [0, 0.05) is 25.6 Å². The number of benzene rings is 1. The number of carbonyl (C=O) groups is 1. The largest absolute Gasteiger partial charge is 0.381 e. The zero-order valence-electron chi connectivity index (χ0n) is 13.5. The fourth-order valence-corrected chi connectivity index (χ4v) is 3.36. The van der Waals surface area contributed by atoms with Gasteiger partial charge in [0.15, 0.2) is 0 Å². The fourth-order valence-electron chi connectivity index (χ4n) is 3.36. The van der Waals surface area contributed by atoms with E-state index in [9.17, 15) is 10.1 Å². The quantitative estimate of drug-likeness (QED) is 0.914. The molecule has 1 saturated heterocycles. The van der Waals surface area contributed by atoms with Gasteiger partial charge in [0.1, 0.15) is 6.04 Å². The second kappa shape index (κ2) is 7.12. The van der Waals surface area contributed by atoms with E-state index in [1.165, 1.54) is 11.1 Å². The molecule has 0 unspecified atom stereocenters. The van der Waals surface area contributed by atoms with Crippen molar-refractivity contribution in [1.82, 2.24) is 10.2 Å². The second-order valence-electron chi connectivity index (χ2n) is 6.40. The van der Waals surface area contributed by atoms with Crippen LogP contribution in [0.3, 0.4) is 0 Å². The van der Waals surface area contributed by atoms with E-state index in [0.29, 0.717) is 13.2 Å². The van der Waals surface area contributed by atoms with Crippen LogP contribution < -0.4 is 5.32 Å². The van der Waals surface area contributed by atoms with Gasteiger partial charge in [0.2, 0.25) is 5.91 Å². The number of nitrogens with zero attached hydrogens (tertiary/aromatic N) is 2. The van der Waals surface area contributed by atoms with Crippen molar-refractivity contribution in [3.05, 3.63) is 35.4 Å². The Morgan fingerprint density at radius 2 is 2.22 bits per heavy atom. The van der Waals surface area contributed by atoms with E-state index in [-0.39, 0.29) is 17.9 Å². The maximum atomic E-state index is 12.5. The molecule has 2 aliphatic rings. The molecule has 1 N–H and O–H groups in total. The molecule has 3 rings (SSSR count). The lowest BCUT2D eigenvalue weighted by Crippen LogP contribution is -2.51. The highest BCUT2D eigenvalue weighted by Gasteiger charge is 2.31. The molecule has 5 heteroatoms. The van der Waals surface area contributed by atoms with Crippen LogP contribution in [-0.4, -0.2) is 42.6 Å². The summed E-state index contributed by atoms with van der Waals surface area (Å²) in [6.45, 7) is 4.81. The molecule has 0 aliphatic carbocycles. The molecule has 0 spiro atoms. The van der Waals surface area contributed by atoms with Gasteiger partial charge in [-0.25, -0.2) is 0 Å². The molecule has 2 heterocycles. The second-order valence-corrected chi connectivity index (χ2v) is 6.40. The summed E-state index contributed by atoms with van der Waals surface area (Å²) < 4.78 is 5.32. The van der Waals surface area contributed by atoms with Crippen LogP contribution >= 0.6 is 0 Å². The number of fused-ring (bicyclic) bond motifs is 1. The highest BCUT2D eigenvalue weighted by molar-refractivity contribution is 5.82. The molecular weight excluding hydrogens is 290 g/mol. The van der Waals surface area contributed by atoms with Crippen LogP contribution in [0.5, 0.6) is 0 Å². The standard InChI is InChI=1S/C18H23N3O2/c1-13(18(22)20-17(10-19)16-7-9-23-12-16)21-8-6-14-4-2-3-5-15(14)11-21/h2-5,13,16-17H,6-9,11-12H2,1H3,(H,20,22)/t13-,16-,17-/m1/s1. The minimum Gasteiger partial charge on any atom is -0.381 e. The number of carbonyl (C=O) groups excluding carboxylic acids is 1. The minimum atomic E-state index is -0.454. The highest BCUT2D eigenvalue weighted by Crippen LogP contribution is 2.21. The van der Waals surface area contributed by atoms with Crippen LogP contribution in [0, 0.1) is 17.2 Å². The van der Waals surface area contributed by atoms with E-state index < -0.39 is 6.04 Å². The summed E-state index contributed by atoms with van der Waals surface area (Å²) in [4.78, 5) is 14.7. The third-order valence-corrected chi connectivity index (χ3v) is 4.96. The van der Waals surface area contributed by atoms with Gasteiger partial charge in [0.25, 0.3) is 0 Å². The van der Waals surface area contributed by atoms with E-state index in [1.807, 2.05) is 13.0 Å². The Morgan fingerprint density at radius 3 is 2.91 bits per heavy atom. The Kier molecular flexibility index (Phi) is 4.94. The van der Waals surface area contributed by atoms with Gasteiger partial charge in [-0.1, -0.05) is 24.3 Å². The molecule has 1 fully saturated rings. The van der Waals surface area contributed by atoms with Crippen LogP contribution in [0.15, 0.2) is 24.3 Å². The van der Waals surface area contributed by atoms with E-state index in [2.05, 4.69) is 34.5 Å². The zero-order valence-corrected chi connectivity index (χ0v) is 13.5. The summed E-state index contributed by atoms with van der Waals surface area (Å²) in [5.41, 5.74) is 2.66. The van der Waals surface area contributed by atoms with Gasteiger partial charge in [-0.3, -0.25) is 9.69 Å². The minimum absolute atomic E-state index is 0.0668. The van der Waals surface area contributed by atoms with Crippen molar-refractivity contribution >= 4 is 5.91 Å². The van der Waals surface area contributed by atoms with E-state index in [0.717, 1.165) is 25.9 Å². The summed E-state index contributed by atoms with van der Waals surface area (Å²) in [6, 6.07) is 9.91. The van der Waals surface area contributed by atoms with Crippen LogP contribution in [0.25, 0.3) is 0 Å². The predicted octanol–water partition coefficient (Wildman–Crippen LogP) is 1.48. The number of hydrogen-bond acceptors (Lipinski definition) is 4. The van der Waals surface area contributed by atoms with Crippen molar-refractivity contribution in [2.45, 2.75) is 38.4 Å². The van der Waals surface area contributed by atoms with Crippen LogP contribution in [0.4, 0.5) is 0 Å². The third kappa shape index (κ3) is 3.54. The molecule has 0 radical (unpaired) electrons. The average molecular weight is 313 g/mol. The Hall–Kier alpha value is -1.90. The molecule has 5 nitrogen and oxygen atoms in total. The Bertz CT molecular complexity index is 605. The van der Waals surface area contributed by atoms with E-state index in [1.54, 1.807) is 0 Å². The van der Waals surface area contributed by atoms with Crippen molar-refractivity contribution in [1.29, 1.82) is 5.26 Å². The molecule has 0 aromatic heterocycles. The lowest BCUT2D eigenvalue weighted by atomic mass is 9.98. The SMILES string of the molecule is C[C@H](C(=O)N[C@H](C#N)[C@@H]1CCOC1)N1CCc2ccccc2C1. The predicted molar refractivity (Wildman–Crippen MR) is 86.5 cm³/mol. The van der Waals surface area contributed by atoms with Gasteiger partial charge < -0.3 is 10.1 Å². The number of hydrogen-bond donors (Lipinski definition) is 1. The summed E-state index contributed by atoms with van der Waals surface area (Å²) in [6.07, 6.45) is 1.80. The van der Waals surface area contributed by atoms with Crippen molar-refractivity contribution in [3.63, 3.8) is 0 Å². The molecule has 2 aliphatic heterocycles. The zero-order chi connectivity index (χ0) is 16.2. The molecule has 3 atom stereocenters. The molecule has 1 amide bonds. The smallest absolute Gasteiger partial charge is 0.238 e. The maximum absolute atomic E-state index is 12.5. The lowest BCUT2D eigenvalue weighted by molar-refractivity contribution is -0.126. The van der Waals surface area contributed by atoms with Crippen molar-refractivity contribution in [2.75, 3.05) is 19.8 Å². The molecule has 1 aromatic carbocycles. The molecule has 1 aromatic rings. The van der Waals surface area contributed by atoms with E-state index in [4.69, 9.17) is 4.74 Å². The Morgan fingerprint density at radius 1 is 1.43 bits per heavy atom.